The molecule has 1 heterocycles. The Morgan fingerprint density at radius 3 is 2.42 bits per heavy atom. The summed E-state index contributed by atoms with van der Waals surface area (Å²) >= 11 is 0. The van der Waals surface area contributed by atoms with Crippen LogP contribution in [0.1, 0.15) is 32.1 Å². The van der Waals surface area contributed by atoms with Crippen LogP contribution in [0.4, 0.5) is 0 Å². The predicted octanol–water partition coefficient (Wildman–Crippen LogP) is 1.37. The summed E-state index contributed by atoms with van der Waals surface area (Å²) in [6.45, 7) is 7.46. The Hall–Kier alpha value is -2.85. The SMILES string of the molecule is CCNC(=O)C(C)(C)CNC(=NCc1ccc(S(N)(=O)=O)cc1)NCCc1ccco1. The number of guanidine groups is 1. The van der Waals surface area contributed by atoms with E-state index in [0.717, 1.165) is 11.3 Å². The van der Waals surface area contributed by atoms with Gasteiger partial charge in [-0.05, 0) is 50.6 Å². The van der Waals surface area contributed by atoms with Crippen LogP contribution in [-0.4, -0.2) is 39.9 Å². The van der Waals surface area contributed by atoms with E-state index in [1.54, 1.807) is 18.4 Å². The molecule has 2 aromatic rings. The second kappa shape index (κ2) is 11.0. The number of carbonyl (C=O) groups excluding carboxylic acids is 1. The summed E-state index contributed by atoms with van der Waals surface area (Å²) in [4.78, 5) is 16.9. The molecule has 0 unspecified atom stereocenters. The maximum atomic E-state index is 12.3. The lowest BCUT2D eigenvalue weighted by atomic mass is 9.92. The van der Waals surface area contributed by atoms with E-state index in [9.17, 15) is 13.2 Å². The fraction of sp³-hybridized carbons (Fsp3) is 0.429. The van der Waals surface area contributed by atoms with Crippen molar-refractivity contribution in [2.75, 3.05) is 19.6 Å². The molecule has 170 valence electrons. The molecule has 0 saturated heterocycles. The molecular weight excluding hydrogens is 418 g/mol. The van der Waals surface area contributed by atoms with Gasteiger partial charge in [0.1, 0.15) is 5.76 Å². The molecule has 0 saturated carbocycles. The second-order valence-electron chi connectivity index (χ2n) is 7.71. The minimum absolute atomic E-state index is 0.0454. The summed E-state index contributed by atoms with van der Waals surface area (Å²) in [5, 5.41) is 14.4. The molecule has 31 heavy (non-hydrogen) atoms. The Bertz CT molecular complexity index is 968. The molecule has 0 bridgehead atoms. The van der Waals surface area contributed by atoms with Gasteiger partial charge < -0.3 is 20.4 Å². The minimum Gasteiger partial charge on any atom is -0.469 e. The number of nitrogens with one attached hydrogen (secondary N) is 3. The van der Waals surface area contributed by atoms with E-state index >= 15 is 0 Å². The number of benzene rings is 1. The van der Waals surface area contributed by atoms with Crippen molar-refractivity contribution in [3.8, 4) is 0 Å². The first-order valence-electron chi connectivity index (χ1n) is 10.1. The van der Waals surface area contributed by atoms with Crippen LogP contribution in [0.15, 0.2) is 57.0 Å². The summed E-state index contributed by atoms with van der Waals surface area (Å²) in [6.07, 6.45) is 2.30. The molecule has 0 fully saturated rings. The normalized spacial score (nSPS) is 12.5. The topological polar surface area (TPSA) is 139 Å². The fourth-order valence-electron chi connectivity index (χ4n) is 2.67. The minimum atomic E-state index is -3.73. The lowest BCUT2D eigenvalue weighted by Gasteiger charge is -2.25. The third kappa shape index (κ3) is 8.06. The number of furan rings is 1. The quantitative estimate of drug-likeness (QED) is 0.319. The van der Waals surface area contributed by atoms with Gasteiger partial charge in [0.15, 0.2) is 5.96 Å². The number of primary sulfonamides is 1. The van der Waals surface area contributed by atoms with Gasteiger partial charge >= 0.3 is 0 Å². The molecular formula is C21H31N5O4S. The first-order chi connectivity index (χ1) is 14.6. The summed E-state index contributed by atoms with van der Waals surface area (Å²) < 4.78 is 28.1. The number of rotatable bonds is 10. The van der Waals surface area contributed by atoms with Gasteiger partial charge in [0.25, 0.3) is 0 Å². The average molecular weight is 450 g/mol. The molecule has 0 aliphatic carbocycles. The molecule has 1 aromatic heterocycles. The first-order valence-corrected chi connectivity index (χ1v) is 11.6. The Labute approximate surface area is 183 Å². The van der Waals surface area contributed by atoms with E-state index in [-0.39, 0.29) is 10.8 Å². The maximum absolute atomic E-state index is 12.3. The number of sulfonamides is 1. The number of carbonyl (C=O) groups is 1. The van der Waals surface area contributed by atoms with Crippen LogP contribution in [0.2, 0.25) is 0 Å². The molecule has 10 heteroatoms. The number of hydrogen-bond donors (Lipinski definition) is 4. The number of nitrogens with two attached hydrogens (primary N) is 1. The zero-order valence-electron chi connectivity index (χ0n) is 18.1. The smallest absolute Gasteiger partial charge is 0.238 e. The van der Waals surface area contributed by atoms with Crippen LogP contribution >= 0.6 is 0 Å². The van der Waals surface area contributed by atoms with Crippen LogP contribution in [0.3, 0.4) is 0 Å². The highest BCUT2D eigenvalue weighted by molar-refractivity contribution is 7.89. The number of hydrogen-bond acceptors (Lipinski definition) is 5. The Balaban J connectivity index is 2.05. The fourth-order valence-corrected chi connectivity index (χ4v) is 3.19. The lowest BCUT2D eigenvalue weighted by Crippen LogP contribution is -2.48. The van der Waals surface area contributed by atoms with Gasteiger partial charge in [-0.1, -0.05) is 12.1 Å². The van der Waals surface area contributed by atoms with Crippen molar-refractivity contribution in [1.29, 1.82) is 0 Å². The Morgan fingerprint density at radius 2 is 1.84 bits per heavy atom. The summed E-state index contributed by atoms with van der Waals surface area (Å²) in [7, 11) is -3.73. The molecule has 9 nitrogen and oxygen atoms in total. The van der Waals surface area contributed by atoms with Gasteiger partial charge in [-0.15, -0.1) is 0 Å². The van der Waals surface area contributed by atoms with Crippen LogP contribution in [0, 0.1) is 5.41 Å². The Kier molecular flexibility index (Phi) is 8.64. The van der Waals surface area contributed by atoms with E-state index < -0.39 is 15.4 Å². The molecule has 0 spiro atoms. The lowest BCUT2D eigenvalue weighted by molar-refractivity contribution is -0.128. The number of nitrogens with zero attached hydrogens (tertiary/aromatic N) is 1. The Morgan fingerprint density at radius 1 is 1.13 bits per heavy atom. The zero-order chi connectivity index (χ0) is 22.9. The summed E-state index contributed by atoms with van der Waals surface area (Å²) in [6, 6.07) is 9.98. The van der Waals surface area contributed by atoms with Crippen LogP contribution in [-0.2, 0) is 27.8 Å². The van der Waals surface area contributed by atoms with E-state index in [1.807, 2.05) is 32.9 Å². The summed E-state index contributed by atoms with van der Waals surface area (Å²) in [5.74, 6) is 1.35. The monoisotopic (exact) mass is 449 g/mol. The molecule has 2 rings (SSSR count). The van der Waals surface area contributed by atoms with Crippen molar-refractivity contribution in [3.63, 3.8) is 0 Å². The molecule has 0 aliphatic rings. The first kappa shape index (κ1) is 24.4. The largest absolute Gasteiger partial charge is 0.469 e. The highest BCUT2D eigenvalue weighted by atomic mass is 32.2. The van der Waals surface area contributed by atoms with Crippen LogP contribution in [0.5, 0.6) is 0 Å². The van der Waals surface area contributed by atoms with Crippen LogP contribution in [0.25, 0.3) is 0 Å². The van der Waals surface area contributed by atoms with E-state index in [1.165, 1.54) is 12.1 Å². The highest BCUT2D eigenvalue weighted by Gasteiger charge is 2.27. The van der Waals surface area contributed by atoms with E-state index in [2.05, 4.69) is 20.9 Å². The van der Waals surface area contributed by atoms with E-state index in [4.69, 9.17) is 9.56 Å². The van der Waals surface area contributed by atoms with Crippen molar-refractivity contribution < 1.29 is 17.6 Å². The molecule has 0 atom stereocenters. The van der Waals surface area contributed by atoms with E-state index in [0.29, 0.717) is 38.6 Å². The number of amides is 1. The van der Waals surface area contributed by atoms with Gasteiger partial charge in [-0.3, -0.25) is 4.79 Å². The molecule has 0 aliphatic heterocycles. The van der Waals surface area contributed by atoms with Crippen molar-refractivity contribution in [2.45, 2.75) is 38.6 Å². The second-order valence-corrected chi connectivity index (χ2v) is 9.27. The molecule has 1 aromatic carbocycles. The van der Waals surface area contributed by atoms with Gasteiger partial charge in [0.05, 0.1) is 23.1 Å². The summed E-state index contributed by atoms with van der Waals surface area (Å²) in [5.41, 5.74) is 0.193. The van der Waals surface area contributed by atoms with Crippen molar-refractivity contribution in [3.05, 3.63) is 54.0 Å². The third-order valence-corrected chi connectivity index (χ3v) is 5.49. The highest BCUT2D eigenvalue weighted by Crippen LogP contribution is 2.13. The standard InChI is InChI=1S/C21H31N5O4S/c1-4-23-19(27)21(2,3)15-26-20(24-12-11-17-6-5-13-30-17)25-14-16-7-9-18(10-8-16)31(22,28)29/h5-10,13H,4,11-12,14-15H2,1-3H3,(H,23,27)(H2,22,28,29)(H2,24,25,26). The predicted molar refractivity (Wildman–Crippen MR) is 120 cm³/mol. The van der Waals surface area contributed by atoms with Gasteiger partial charge in [0, 0.05) is 26.1 Å². The zero-order valence-corrected chi connectivity index (χ0v) is 19.0. The molecule has 1 amide bonds. The maximum Gasteiger partial charge on any atom is 0.238 e. The van der Waals surface area contributed by atoms with Crippen molar-refractivity contribution in [1.82, 2.24) is 16.0 Å². The van der Waals surface area contributed by atoms with Gasteiger partial charge in [0.2, 0.25) is 15.9 Å². The van der Waals surface area contributed by atoms with Gasteiger partial charge in [-0.25, -0.2) is 18.5 Å². The molecule has 0 radical (unpaired) electrons. The van der Waals surface area contributed by atoms with Crippen LogP contribution < -0.4 is 21.1 Å². The molecule has 5 N–H and O–H groups in total. The van der Waals surface area contributed by atoms with Crippen molar-refractivity contribution in [2.24, 2.45) is 15.5 Å². The number of aliphatic imine (C=N–C) groups is 1. The third-order valence-electron chi connectivity index (χ3n) is 4.57. The van der Waals surface area contributed by atoms with Crippen molar-refractivity contribution >= 4 is 21.9 Å². The average Bonchev–Trinajstić information content (AvgIpc) is 3.23. The van der Waals surface area contributed by atoms with Gasteiger partial charge in [-0.2, -0.15) is 0 Å².